The molecule has 3 N–H and O–H groups in total. The summed E-state index contributed by atoms with van der Waals surface area (Å²) in [4.78, 5) is 26.6. The van der Waals surface area contributed by atoms with E-state index in [0.717, 1.165) is 53.6 Å². The van der Waals surface area contributed by atoms with Gasteiger partial charge in [-0.25, -0.2) is 4.98 Å². The number of amidine groups is 1. The van der Waals surface area contributed by atoms with Gasteiger partial charge in [0.15, 0.2) is 0 Å². The number of aliphatic imine (C=N–C) groups is 2. The number of allylic oxidation sites excluding steroid dienone is 2. The fourth-order valence-electron chi connectivity index (χ4n) is 4.07. The first-order valence-corrected chi connectivity index (χ1v) is 11.9. The van der Waals surface area contributed by atoms with Crippen molar-refractivity contribution in [3.63, 3.8) is 0 Å². The number of nitrogens with one attached hydrogen (secondary N) is 3. The van der Waals surface area contributed by atoms with E-state index in [1.165, 1.54) is 5.57 Å². The molecule has 2 aliphatic rings. The zero-order valence-electron chi connectivity index (χ0n) is 20.2. The van der Waals surface area contributed by atoms with E-state index in [-0.39, 0.29) is 22.3 Å². The Morgan fingerprint density at radius 1 is 1.26 bits per heavy atom. The molecule has 2 aromatic rings. The minimum atomic E-state index is -0.184. The second-order valence-electron chi connectivity index (χ2n) is 8.59. The lowest BCUT2D eigenvalue weighted by molar-refractivity contribution is 0.102. The molecule has 1 amide bonds. The number of aromatic nitrogens is 1. The van der Waals surface area contributed by atoms with Crippen LogP contribution < -0.4 is 16.0 Å². The van der Waals surface area contributed by atoms with Gasteiger partial charge < -0.3 is 16.0 Å². The highest BCUT2D eigenvalue weighted by Gasteiger charge is 2.21. The van der Waals surface area contributed by atoms with Crippen molar-refractivity contribution < 1.29 is 9.07 Å². The van der Waals surface area contributed by atoms with Crippen molar-refractivity contribution in [3.8, 4) is 0 Å². The second-order valence-corrected chi connectivity index (χ2v) is 8.59. The van der Waals surface area contributed by atoms with Crippen LogP contribution in [0.1, 0.15) is 65.4 Å². The average molecular weight is 463 g/mol. The third kappa shape index (κ3) is 5.42. The zero-order chi connectivity index (χ0) is 24.1. The maximum absolute atomic E-state index is 12.8. The molecule has 0 radical (unpaired) electrons. The Morgan fingerprint density at radius 3 is 2.88 bits per heavy atom. The number of carbonyl (C=O) groups is 1. The number of hydrogen-bond donors (Lipinski definition) is 3. The standard InChI is InChI=1S/C27H32N6O.3H2/c1-5-19-10-11-23-24(13-19)29-16-25(33-23)31-18(4)20-8-7-9-22(14-20)32-27(34)21-12-17(3)26(28-6-2)30-15-21;;;/h7-10,12-16,18,23H,5-6,11H2,1-4H3,(H,28,30)(H,31,33)(H,32,34);3*1H/t18-,23?;;;/m0.../s1. The summed E-state index contributed by atoms with van der Waals surface area (Å²) in [5.74, 6) is 1.39. The Labute approximate surface area is 205 Å². The van der Waals surface area contributed by atoms with Crippen LogP contribution in [-0.2, 0) is 0 Å². The minimum Gasteiger partial charge on any atom is -0.370 e. The molecule has 0 fully saturated rings. The van der Waals surface area contributed by atoms with Crippen LogP contribution >= 0.6 is 0 Å². The smallest absolute Gasteiger partial charge is 0.257 e. The van der Waals surface area contributed by atoms with Gasteiger partial charge in [-0.2, -0.15) is 0 Å². The Kier molecular flexibility index (Phi) is 7.21. The molecular weight excluding hydrogens is 424 g/mol. The molecule has 1 aromatic heterocycles. The van der Waals surface area contributed by atoms with Crippen LogP contribution in [0.15, 0.2) is 69.9 Å². The van der Waals surface area contributed by atoms with Gasteiger partial charge in [0, 0.05) is 22.7 Å². The predicted molar refractivity (Wildman–Crippen MR) is 146 cm³/mol. The Balaban J connectivity index is 0.00000228. The molecule has 0 spiro atoms. The first-order valence-electron chi connectivity index (χ1n) is 11.9. The summed E-state index contributed by atoms with van der Waals surface area (Å²) >= 11 is 0. The van der Waals surface area contributed by atoms with E-state index in [2.05, 4.69) is 51.9 Å². The highest BCUT2D eigenvalue weighted by Crippen LogP contribution is 2.26. The predicted octanol–water partition coefficient (Wildman–Crippen LogP) is 5.94. The van der Waals surface area contributed by atoms with E-state index < -0.39 is 0 Å². The van der Waals surface area contributed by atoms with Crippen LogP contribution in [0.4, 0.5) is 11.5 Å². The third-order valence-electron chi connectivity index (χ3n) is 6.01. The lowest BCUT2D eigenvalue weighted by atomic mass is 9.98. The van der Waals surface area contributed by atoms with Crippen LogP contribution in [0.3, 0.4) is 0 Å². The number of pyridine rings is 1. The normalized spacial score (nSPS) is 17.6. The summed E-state index contributed by atoms with van der Waals surface area (Å²) in [6.07, 6.45) is 9.69. The molecular formula is C27H38N6O. The van der Waals surface area contributed by atoms with Gasteiger partial charge in [0.1, 0.15) is 11.7 Å². The molecule has 2 heterocycles. The molecule has 1 aromatic carbocycles. The largest absolute Gasteiger partial charge is 0.370 e. The van der Waals surface area contributed by atoms with Crippen LogP contribution in [-0.4, -0.2) is 35.5 Å². The fourth-order valence-corrected chi connectivity index (χ4v) is 4.07. The summed E-state index contributed by atoms with van der Waals surface area (Å²) in [5, 5.41) is 9.63. The molecule has 34 heavy (non-hydrogen) atoms. The number of nitrogens with zero attached hydrogens (tertiary/aromatic N) is 3. The van der Waals surface area contributed by atoms with E-state index in [9.17, 15) is 4.79 Å². The van der Waals surface area contributed by atoms with Gasteiger partial charge in [0.05, 0.1) is 29.6 Å². The van der Waals surface area contributed by atoms with Gasteiger partial charge in [0.25, 0.3) is 5.91 Å². The summed E-state index contributed by atoms with van der Waals surface area (Å²) in [7, 11) is 0. The van der Waals surface area contributed by atoms with Crippen LogP contribution in [0.25, 0.3) is 0 Å². The molecule has 0 saturated carbocycles. The Morgan fingerprint density at radius 2 is 2.12 bits per heavy atom. The van der Waals surface area contributed by atoms with Crippen molar-refractivity contribution in [1.29, 1.82) is 0 Å². The van der Waals surface area contributed by atoms with E-state index in [1.54, 1.807) is 12.4 Å². The lowest BCUT2D eigenvalue weighted by Crippen LogP contribution is -2.32. The van der Waals surface area contributed by atoms with Gasteiger partial charge in [-0.15, -0.1) is 0 Å². The number of benzene rings is 1. The van der Waals surface area contributed by atoms with E-state index in [4.69, 9.17) is 4.99 Å². The van der Waals surface area contributed by atoms with Crippen LogP contribution in [0, 0.1) is 6.92 Å². The van der Waals surface area contributed by atoms with Gasteiger partial charge in [-0.1, -0.05) is 30.7 Å². The van der Waals surface area contributed by atoms with Gasteiger partial charge in [-0.05, 0) is 69.0 Å². The lowest BCUT2D eigenvalue weighted by Gasteiger charge is -2.24. The quantitative estimate of drug-likeness (QED) is 0.475. The van der Waals surface area contributed by atoms with Crippen molar-refractivity contribution in [2.45, 2.75) is 52.6 Å². The van der Waals surface area contributed by atoms with Gasteiger partial charge in [-0.3, -0.25) is 14.8 Å². The SMILES string of the molecule is CCNc1ncc(C(=O)Nc2cccc([C@H](C)NC3=NC4CC=C(CC)C=C4N=C3)c2)cc1C.[HH].[HH].[HH]. The average Bonchev–Trinajstić information content (AvgIpc) is 2.85. The molecule has 2 atom stereocenters. The first kappa shape index (κ1) is 23.4. The summed E-state index contributed by atoms with van der Waals surface area (Å²) < 4.78 is 0. The molecule has 1 unspecified atom stereocenters. The molecule has 4 rings (SSSR count). The summed E-state index contributed by atoms with van der Waals surface area (Å²) in [6.45, 7) is 8.97. The minimum absolute atomic E-state index is 0. The zero-order valence-corrected chi connectivity index (χ0v) is 20.2. The summed E-state index contributed by atoms with van der Waals surface area (Å²) in [5.41, 5.74) is 5.60. The van der Waals surface area contributed by atoms with Crippen molar-refractivity contribution in [2.24, 2.45) is 9.98 Å². The van der Waals surface area contributed by atoms with E-state index in [0.29, 0.717) is 5.56 Å². The fraction of sp³-hybridized carbons (Fsp3) is 0.333. The highest BCUT2D eigenvalue weighted by molar-refractivity contribution is 6.30. The van der Waals surface area contributed by atoms with Crippen molar-refractivity contribution in [2.75, 3.05) is 17.2 Å². The number of fused-ring (bicyclic) bond motifs is 1. The van der Waals surface area contributed by atoms with Gasteiger partial charge >= 0.3 is 0 Å². The van der Waals surface area contributed by atoms with Crippen molar-refractivity contribution in [1.82, 2.24) is 10.3 Å². The van der Waals surface area contributed by atoms with E-state index in [1.807, 2.05) is 44.2 Å². The number of hydrogen-bond acceptors (Lipinski definition) is 6. The van der Waals surface area contributed by atoms with Crippen molar-refractivity contribution >= 4 is 29.5 Å². The number of carbonyl (C=O) groups excluding carboxylic acids is 1. The maximum atomic E-state index is 12.8. The highest BCUT2D eigenvalue weighted by atomic mass is 16.1. The van der Waals surface area contributed by atoms with Crippen LogP contribution in [0.5, 0.6) is 0 Å². The molecule has 1 aliphatic heterocycles. The Bertz CT molecular complexity index is 1210. The summed E-state index contributed by atoms with van der Waals surface area (Å²) in [6, 6.07) is 9.77. The number of amides is 1. The van der Waals surface area contributed by atoms with Crippen molar-refractivity contribution in [3.05, 3.63) is 76.6 Å². The number of anilines is 2. The molecule has 1 aliphatic carbocycles. The molecule has 7 nitrogen and oxygen atoms in total. The first-order chi connectivity index (χ1) is 16.5. The van der Waals surface area contributed by atoms with Crippen LogP contribution in [0.2, 0.25) is 0 Å². The number of aryl methyl sites for hydroxylation is 1. The monoisotopic (exact) mass is 462 g/mol. The molecule has 7 heteroatoms. The molecule has 0 saturated heterocycles. The Hall–Kier alpha value is -3.74. The molecule has 0 bridgehead atoms. The third-order valence-corrected chi connectivity index (χ3v) is 6.01. The number of rotatable bonds is 7. The van der Waals surface area contributed by atoms with E-state index >= 15 is 0 Å². The van der Waals surface area contributed by atoms with Gasteiger partial charge in [0.2, 0.25) is 0 Å². The maximum Gasteiger partial charge on any atom is 0.257 e. The topological polar surface area (TPSA) is 90.8 Å². The molecule has 182 valence electrons. The second kappa shape index (κ2) is 10.5.